The lowest BCUT2D eigenvalue weighted by atomic mass is 9.84. The Kier molecular flexibility index (Phi) is 5.19. The molecule has 1 amide bonds. The number of rotatable bonds is 4. The molecular weight excluding hydrogens is 334 g/mol. The molecule has 25 heavy (non-hydrogen) atoms. The highest BCUT2D eigenvalue weighted by Crippen LogP contribution is 2.34. The number of hydrogen-bond donors (Lipinski definition) is 1. The van der Waals surface area contributed by atoms with Gasteiger partial charge < -0.3 is 15.5 Å². The van der Waals surface area contributed by atoms with Gasteiger partial charge in [0.1, 0.15) is 0 Å². The fraction of sp³-hybridized carbons (Fsp3) is 0.650. The van der Waals surface area contributed by atoms with E-state index in [9.17, 15) is 4.79 Å². The van der Waals surface area contributed by atoms with Crippen molar-refractivity contribution in [1.82, 2.24) is 4.90 Å². The fourth-order valence-electron chi connectivity index (χ4n) is 3.77. The fourth-order valence-corrected chi connectivity index (χ4v) is 3.94. The van der Waals surface area contributed by atoms with Crippen LogP contribution in [0.4, 0.5) is 11.4 Å². The van der Waals surface area contributed by atoms with Gasteiger partial charge >= 0.3 is 0 Å². The first kappa shape index (κ1) is 18.4. The highest BCUT2D eigenvalue weighted by molar-refractivity contribution is 6.33. The zero-order chi connectivity index (χ0) is 18.2. The highest BCUT2D eigenvalue weighted by Gasteiger charge is 2.36. The molecule has 0 spiro atoms. The van der Waals surface area contributed by atoms with Crippen molar-refractivity contribution in [3.63, 3.8) is 0 Å². The maximum absolute atomic E-state index is 12.6. The Bertz CT molecular complexity index is 636. The summed E-state index contributed by atoms with van der Waals surface area (Å²) in [6.07, 6.45) is 4.95. The SMILES string of the molecule is CC(C)(C)C(=O)N1CCC(N(CC2CCC2)c2ccc(N)c(Cl)c2)C1. The molecule has 5 heteroatoms. The Hall–Kier alpha value is -1.42. The summed E-state index contributed by atoms with van der Waals surface area (Å²) in [6, 6.07) is 6.28. The van der Waals surface area contributed by atoms with E-state index in [-0.39, 0.29) is 11.3 Å². The molecule has 1 aromatic rings. The van der Waals surface area contributed by atoms with Crippen molar-refractivity contribution in [2.45, 2.75) is 52.5 Å². The third-order valence-corrected chi connectivity index (χ3v) is 5.86. The Labute approximate surface area is 156 Å². The van der Waals surface area contributed by atoms with Gasteiger partial charge in [0.15, 0.2) is 0 Å². The van der Waals surface area contributed by atoms with E-state index in [0.29, 0.717) is 16.8 Å². The number of likely N-dealkylation sites (tertiary alicyclic amines) is 1. The summed E-state index contributed by atoms with van der Waals surface area (Å²) in [5.41, 5.74) is 7.31. The topological polar surface area (TPSA) is 49.6 Å². The Morgan fingerprint density at radius 3 is 2.60 bits per heavy atom. The zero-order valence-electron chi connectivity index (χ0n) is 15.6. The Balaban J connectivity index is 1.78. The predicted molar refractivity (Wildman–Crippen MR) is 105 cm³/mol. The first-order chi connectivity index (χ1) is 11.8. The minimum atomic E-state index is -0.321. The normalized spacial score (nSPS) is 21.3. The summed E-state index contributed by atoms with van der Waals surface area (Å²) in [5, 5.41) is 0.608. The summed E-state index contributed by atoms with van der Waals surface area (Å²) in [7, 11) is 0. The molecule has 4 nitrogen and oxygen atoms in total. The van der Waals surface area contributed by atoms with E-state index in [0.717, 1.165) is 37.7 Å². The van der Waals surface area contributed by atoms with Crippen molar-refractivity contribution in [2.75, 3.05) is 30.3 Å². The Morgan fingerprint density at radius 2 is 2.04 bits per heavy atom. The van der Waals surface area contributed by atoms with Crippen LogP contribution in [0.3, 0.4) is 0 Å². The molecule has 0 aromatic heterocycles. The third-order valence-electron chi connectivity index (χ3n) is 5.53. The number of nitrogen functional groups attached to an aromatic ring is 1. The molecule has 2 N–H and O–H groups in total. The van der Waals surface area contributed by atoms with Gasteiger partial charge in [-0.3, -0.25) is 4.79 Å². The lowest BCUT2D eigenvalue weighted by Crippen LogP contribution is -2.44. The number of halogens is 1. The van der Waals surface area contributed by atoms with Crippen LogP contribution in [0.2, 0.25) is 5.02 Å². The monoisotopic (exact) mass is 363 g/mol. The first-order valence-corrected chi connectivity index (χ1v) is 9.74. The molecular formula is C20H30ClN3O. The molecule has 1 aliphatic heterocycles. The largest absolute Gasteiger partial charge is 0.398 e. The van der Waals surface area contributed by atoms with Crippen molar-refractivity contribution in [3.05, 3.63) is 23.2 Å². The number of nitrogens with two attached hydrogens (primary N) is 1. The van der Waals surface area contributed by atoms with Crippen molar-refractivity contribution in [3.8, 4) is 0 Å². The van der Waals surface area contributed by atoms with E-state index in [4.69, 9.17) is 17.3 Å². The second-order valence-electron chi connectivity index (χ2n) is 8.60. The van der Waals surface area contributed by atoms with Gasteiger partial charge in [0.2, 0.25) is 5.91 Å². The van der Waals surface area contributed by atoms with Crippen LogP contribution in [0.1, 0.15) is 46.5 Å². The quantitative estimate of drug-likeness (QED) is 0.816. The van der Waals surface area contributed by atoms with Crippen molar-refractivity contribution in [2.24, 2.45) is 11.3 Å². The van der Waals surface area contributed by atoms with E-state index < -0.39 is 0 Å². The van der Waals surface area contributed by atoms with Crippen LogP contribution in [-0.2, 0) is 4.79 Å². The molecule has 1 aromatic carbocycles. The summed E-state index contributed by atoms with van der Waals surface area (Å²) in [4.78, 5) is 17.1. The molecule has 1 saturated carbocycles. The predicted octanol–water partition coefficient (Wildman–Crippen LogP) is 4.18. The van der Waals surface area contributed by atoms with Gasteiger partial charge in [-0.25, -0.2) is 0 Å². The average Bonchev–Trinajstić information content (AvgIpc) is 2.97. The van der Waals surface area contributed by atoms with Gasteiger partial charge in [0.05, 0.1) is 10.7 Å². The number of hydrogen-bond acceptors (Lipinski definition) is 3. The number of nitrogens with zero attached hydrogens (tertiary/aromatic N) is 2. The van der Waals surface area contributed by atoms with E-state index in [1.54, 1.807) is 0 Å². The molecule has 0 bridgehead atoms. The standard InChI is InChI=1S/C20H30ClN3O/c1-20(2,3)19(25)23-10-9-16(13-23)24(12-14-5-4-6-14)15-7-8-18(22)17(21)11-15/h7-8,11,14,16H,4-6,9-10,12-13,22H2,1-3H3. The van der Waals surface area contributed by atoms with Crippen molar-refractivity contribution < 1.29 is 4.79 Å². The number of amides is 1. The van der Waals surface area contributed by atoms with Crippen LogP contribution in [0.5, 0.6) is 0 Å². The third kappa shape index (κ3) is 4.05. The summed E-state index contributed by atoms with van der Waals surface area (Å²) in [6.45, 7) is 8.66. The molecule has 2 fully saturated rings. The summed E-state index contributed by atoms with van der Waals surface area (Å²) < 4.78 is 0. The lowest BCUT2D eigenvalue weighted by Gasteiger charge is -2.38. The van der Waals surface area contributed by atoms with E-state index in [2.05, 4.69) is 11.0 Å². The number of benzene rings is 1. The smallest absolute Gasteiger partial charge is 0.228 e. The van der Waals surface area contributed by atoms with Gasteiger partial charge in [-0.05, 0) is 43.4 Å². The molecule has 1 atom stereocenters. The second kappa shape index (κ2) is 7.06. The average molecular weight is 364 g/mol. The minimum Gasteiger partial charge on any atom is -0.398 e. The van der Waals surface area contributed by atoms with Crippen LogP contribution < -0.4 is 10.6 Å². The summed E-state index contributed by atoms with van der Waals surface area (Å²) >= 11 is 6.27. The van der Waals surface area contributed by atoms with Crippen LogP contribution >= 0.6 is 11.6 Å². The van der Waals surface area contributed by atoms with Gasteiger partial charge in [-0.1, -0.05) is 38.8 Å². The maximum Gasteiger partial charge on any atom is 0.228 e. The van der Waals surface area contributed by atoms with E-state index in [1.165, 1.54) is 19.3 Å². The zero-order valence-corrected chi connectivity index (χ0v) is 16.4. The van der Waals surface area contributed by atoms with Crippen LogP contribution in [-0.4, -0.2) is 36.5 Å². The molecule has 1 unspecified atom stereocenters. The first-order valence-electron chi connectivity index (χ1n) is 9.37. The van der Waals surface area contributed by atoms with Gasteiger partial charge in [0, 0.05) is 36.8 Å². The molecule has 3 rings (SSSR count). The number of anilines is 2. The summed E-state index contributed by atoms with van der Waals surface area (Å²) in [5.74, 6) is 0.998. The molecule has 1 saturated heterocycles. The lowest BCUT2D eigenvalue weighted by molar-refractivity contribution is -0.138. The van der Waals surface area contributed by atoms with E-state index >= 15 is 0 Å². The van der Waals surface area contributed by atoms with Crippen LogP contribution in [0.25, 0.3) is 0 Å². The molecule has 1 heterocycles. The molecule has 1 aliphatic carbocycles. The number of carbonyl (C=O) groups excluding carboxylic acids is 1. The number of carbonyl (C=O) groups is 1. The van der Waals surface area contributed by atoms with E-state index in [1.807, 2.05) is 37.8 Å². The molecule has 138 valence electrons. The Morgan fingerprint density at radius 1 is 1.32 bits per heavy atom. The van der Waals surface area contributed by atoms with Crippen LogP contribution in [0.15, 0.2) is 18.2 Å². The van der Waals surface area contributed by atoms with Gasteiger partial charge in [-0.15, -0.1) is 0 Å². The van der Waals surface area contributed by atoms with Crippen LogP contribution in [0, 0.1) is 11.3 Å². The molecule has 2 aliphatic rings. The van der Waals surface area contributed by atoms with Crippen molar-refractivity contribution in [1.29, 1.82) is 0 Å². The second-order valence-corrected chi connectivity index (χ2v) is 9.01. The highest BCUT2D eigenvalue weighted by atomic mass is 35.5. The van der Waals surface area contributed by atoms with Crippen molar-refractivity contribution >= 4 is 28.9 Å². The minimum absolute atomic E-state index is 0.244. The van der Waals surface area contributed by atoms with Gasteiger partial charge in [-0.2, -0.15) is 0 Å². The van der Waals surface area contributed by atoms with Gasteiger partial charge in [0.25, 0.3) is 0 Å². The maximum atomic E-state index is 12.6. The molecule has 0 radical (unpaired) electrons.